The summed E-state index contributed by atoms with van der Waals surface area (Å²) >= 11 is 0. The summed E-state index contributed by atoms with van der Waals surface area (Å²) in [5, 5.41) is 26.8. The normalized spacial score (nSPS) is 52.4. The van der Waals surface area contributed by atoms with Crippen LogP contribution in [0.5, 0.6) is 0 Å². The fourth-order valence-electron chi connectivity index (χ4n) is 13.6. The van der Waals surface area contributed by atoms with Crippen molar-refractivity contribution in [3.8, 4) is 0 Å². The first kappa shape index (κ1) is 32.8. The van der Waals surface area contributed by atoms with Crippen LogP contribution in [0.3, 0.4) is 0 Å². The Morgan fingerprint density at radius 3 is 2.44 bits per heavy atom. The zero-order valence-corrected chi connectivity index (χ0v) is 29.2. The number of aliphatic hydroxyl groups excluding tert-OH is 1. The topological polar surface area (TPSA) is 106 Å². The predicted octanol–water partition coefficient (Wildman–Crippen LogP) is 4.88. The Balaban J connectivity index is 1.14. The van der Waals surface area contributed by atoms with Crippen LogP contribution in [0.4, 0.5) is 0 Å². The minimum Gasteiger partial charge on any atom is -0.460 e. The van der Waals surface area contributed by atoms with Crippen LogP contribution in [0.1, 0.15) is 107 Å². The van der Waals surface area contributed by atoms with Crippen molar-refractivity contribution in [3.63, 3.8) is 0 Å². The fourth-order valence-corrected chi connectivity index (χ4v) is 13.6. The van der Waals surface area contributed by atoms with Crippen molar-refractivity contribution in [3.05, 3.63) is 0 Å². The van der Waals surface area contributed by atoms with E-state index < -0.39 is 23.9 Å². The SMILES string of the molecule is CCO[C@@H]([C@H]1C[C@@H](C)[C@H]2[C@H](O1)[C@H](O)[C@@]1(C)[C@@H]3CC[C@H]4C(C)(C)[C@@H](OC(=O)[C@H]5CNCCO5)CCC45C[C@@]35CC[C@]21C)C(C)(C)O. The van der Waals surface area contributed by atoms with E-state index in [1.54, 1.807) is 0 Å². The predicted molar refractivity (Wildman–Crippen MR) is 170 cm³/mol. The summed E-state index contributed by atoms with van der Waals surface area (Å²) in [5.41, 5.74) is -0.887. The van der Waals surface area contributed by atoms with Crippen LogP contribution in [-0.4, -0.2) is 84.7 Å². The maximum Gasteiger partial charge on any atom is 0.336 e. The van der Waals surface area contributed by atoms with Gasteiger partial charge in [-0.25, -0.2) is 4.79 Å². The van der Waals surface area contributed by atoms with E-state index in [1.165, 1.54) is 12.8 Å². The summed E-state index contributed by atoms with van der Waals surface area (Å²) in [6.45, 7) is 19.9. The number of rotatable bonds is 6. The monoisotopic (exact) mass is 631 g/mol. The molecule has 7 rings (SSSR count). The largest absolute Gasteiger partial charge is 0.460 e. The Bertz CT molecular complexity index is 1160. The standard InChI is InChI=1S/C37H61NO7/c1-9-42-30(33(5,6)41)22-18-21(2)27-28(44-22)29(39)35(8)25-11-10-24-32(3,4)26(45-31(40)23-19-38-16-17-43-23)12-13-36(24)20-37(25,36)15-14-34(27,35)7/h21-30,38-39,41H,9-20H2,1-8H3/t21-,22-,23-,24+,25+,26+,27+,28+,29+,30+,34-,35-,36?,37+/m1/s1. The van der Waals surface area contributed by atoms with Crippen molar-refractivity contribution >= 4 is 5.97 Å². The van der Waals surface area contributed by atoms with Crippen molar-refractivity contribution < 1.29 is 34.0 Å². The van der Waals surface area contributed by atoms with Gasteiger partial charge in [-0.05, 0) is 112 Å². The lowest BCUT2D eigenvalue weighted by molar-refractivity contribution is -0.215. The van der Waals surface area contributed by atoms with E-state index in [4.69, 9.17) is 18.9 Å². The van der Waals surface area contributed by atoms with E-state index >= 15 is 0 Å². The van der Waals surface area contributed by atoms with E-state index in [1.807, 2.05) is 20.8 Å². The van der Waals surface area contributed by atoms with Gasteiger partial charge in [-0.2, -0.15) is 0 Å². The minimum atomic E-state index is -1.03. The summed E-state index contributed by atoms with van der Waals surface area (Å²) in [6.07, 6.45) is 6.60. The van der Waals surface area contributed by atoms with Gasteiger partial charge in [0.25, 0.3) is 0 Å². The number of carbonyl (C=O) groups excluding carboxylic acids is 1. The molecule has 7 fully saturated rings. The number of esters is 1. The lowest BCUT2D eigenvalue weighted by Crippen LogP contribution is -2.60. The highest BCUT2D eigenvalue weighted by Gasteiger charge is 2.84. The van der Waals surface area contributed by atoms with Crippen molar-refractivity contribution in [2.45, 2.75) is 149 Å². The molecule has 0 aromatic rings. The molecular formula is C37H61NO7. The summed E-state index contributed by atoms with van der Waals surface area (Å²) in [7, 11) is 0. The molecule has 14 atom stereocenters. The highest BCUT2D eigenvalue weighted by molar-refractivity contribution is 5.75. The van der Waals surface area contributed by atoms with E-state index in [9.17, 15) is 15.0 Å². The molecular weight excluding hydrogens is 570 g/mol. The second kappa shape index (κ2) is 10.6. The van der Waals surface area contributed by atoms with Crippen LogP contribution in [0.25, 0.3) is 0 Å². The zero-order valence-electron chi connectivity index (χ0n) is 29.2. The quantitative estimate of drug-likeness (QED) is 0.357. The van der Waals surface area contributed by atoms with E-state index in [0.29, 0.717) is 37.5 Å². The molecule has 5 saturated carbocycles. The average Bonchev–Trinajstić information content (AvgIpc) is 3.61. The molecule has 0 amide bonds. The van der Waals surface area contributed by atoms with Gasteiger partial charge in [0.15, 0.2) is 6.10 Å². The molecule has 1 unspecified atom stereocenters. The van der Waals surface area contributed by atoms with Crippen molar-refractivity contribution in [2.75, 3.05) is 26.3 Å². The van der Waals surface area contributed by atoms with Gasteiger partial charge in [0.05, 0.1) is 30.5 Å². The van der Waals surface area contributed by atoms with Crippen molar-refractivity contribution in [1.82, 2.24) is 5.32 Å². The molecule has 0 radical (unpaired) electrons. The Labute approximate surface area is 271 Å². The van der Waals surface area contributed by atoms with Gasteiger partial charge in [-0.1, -0.05) is 34.6 Å². The molecule has 2 aliphatic heterocycles. The summed E-state index contributed by atoms with van der Waals surface area (Å²) in [6, 6.07) is 0. The summed E-state index contributed by atoms with van der Waals surface area (Å²) in [4.78, 5) is 13.1. The van der Waals surface area contributed by atoms with Gasteiger partial charge in [-0.3, -0.25) is 0 Å². The molecule has 3 N–H and O–H groups in total. The highest BCUT2D eigenvalue weighted by atomic mass is 16.6. The molecule has 45 heavy (non-hydrogen) atoms. The Kier molecular flexibility index (Phi) is 7.73. The molecule has 7 aliphatic rings. The third-order valence-electron chi connectivity index (χ3n) is 15.6. The van der Waals surface area contributed by atoms with Gasteiger partial charge >= 0.3 is 5.97 Å². The lowest BCUT2D eigenvalue weighted by Gasteiger charge is -2.63. The highest BCUT2D eigenvalue weighted by Crippen LogP contribution is 2.89. The second-order valence-electron chi connectivity index (χ2n) is 18.1. The number of morpholine rings is 1. The van der Waals surface area contributed by atoms with Crippen LogP contribution in [-0.2, 0) is 23.7 Å². The minimum absolute atomic E-state index is 0.0138. The van der Waals surface area contributed by atoms with Crippen LogP contribution >= 0.6 is 0 Å². The third-order valence-corrected chi connectivity index (χ3v) is 15.6. The zero-order chi connectivity index (χ0) is 32.4. The van der Waals surface area contributed by atoms with Gasteiger partial charge < -0.3 is 34.5 Å². The Morgan fingerprint density at radius 1 is 1.07 bits per heavy atom. The summed E-state index contributed by atoms with van der Waals surface area (Å²) in [5.74, 6) is 1.39. The maximum atomic E-state index is 13.1. The summed E-state index contributed by atoms with van der Waals surface area (Å²) < 4.78 is 25.0. The lowest BCUT2D eigenvalue weighted by atomic mass is 9.41. The number of aliphatic hydroxyl groups is 2. The number of hydrogen-bond acceptors (Lipinski definition) is 8. The van der Waals surface area contributed by atoms with Crippen LogP contribution in [0.2, 0.25) is 0 Å². The maximum absolute atomic E-state index is 13.1. The molecule has 0 aromatic heterocycles. The van der Waals surface area contributed by atoms with E-state index in [2.05, 4.69) is 39.9 Å². The Morgan fingerprint density at radius 2 is 1.78 bits per heavy atom. The first-order valence-electron chi connectivity index (χ1n) is 18.3. The molecule has 2 spiro atoms. The molecule has 0 bridgehead atoms. The van der Waals surface area contributed by atoms with Crippen LogP contribution in [0, 0.1) is 50.7 Å². The van der Waals surface area contributed by atoms with Gasteiger partial charge in [0.1, 0.15) is 12.2 Å². The molecule has 8 heteroatoms. The Hall–Kier alpha value is -0.770. The average molecular weight is 632 g/mol. The number of nitrogens with one attached hydrogen (secondary N) is 1. The van der Waals surface area contributed by atoms with E-state index in [0.717, 1.165) is 45.1 Å². The fraction of sp³-hybridized carbons (Fsp3) is 0.973. The molecule has 8 nitrogen and oxygen atoms in total. The number of hydrogen-bond donors (Lipinski definition) is 3. The van der Waals surface area contributed by atoms with E-state index in [-0.39, 0.29) is 57.3 Å². The first-order chi connectivity index (χ1) is 21.1. The van der Waals surface area contributed by atoms with Crippen molar-refractivity contribution in [1.29, 1.82) is 0 Å². The molecule has 0 aromatic carbocycles. The molecule has 5 aliphatic carbocycles. The molecule has 2 saturated heterocycles. The number of carbonyl (C=O) groups is 1. The van der Waals surface area contributed by atoms with Gasteiger partial charge in [-0.15, -0.1) is 0 Å². The smallest absolute Gasteiger partial charge is 0.336 e. The van der Waals surface area contributed by atoms with Crippen molar-refractivity contribution in [2.24, 2.45) is 50.7 Å². The first-order valence-corrected chi connectivity index (χ1v) is 18.3. The van der Waals surface area contributed by atoms with Crippen LogP contribution < -0.4 is 5.32 Å². The van der Waals surface area contributed by atoms with Crippen LogP contribution in [0.15, 0.2) is 0 Å². The molecule has 256 valence electrons. The van der Waals surface area contributed by atoms with Gasteiger partial charge in [0.2, 0.25) is 0 Å². The number of ether oxygens (including phenoxy) is 4. The third kappa shape index (κ3) is 4.33. The molecule has 2 heterocycles. The van der Waals surface area contributed by atoms with Gasteiger partial charge in [0, 0.05) is 30.5 Å². The number of fused-ring (bicyclic) bond motifs is 4. The second-order valence-corrected chi connectivity index (χ2v) is 18.1.